The highest BCUT2D eigenvalue weighted by molar-refractivity contribution is 5.28. The highest BCUT2D eigenvalue weighted by Gasteiger charge is 1.99. The Balaban J connectivity index is 1.78. The molecule has 20 heavy (non-hydrogen) atoms. The minimum absolute atomic E-state index is 0.376. The fourth-order valence-corrected chi connectivity index (χ4v) is 1.74. The van der Waals surface area contributed by atoms with E-state index in [1.165, 1.54) is 0 Å². The van der Waals surface area contributed by atoms with Crippen LogP contribution in [0, 0.1) is 0 Å². The highest BCUT2D eigenvalue weighted by atomic mass is 17.2. The van der Waals surface area contributed by atoms with Crippen LogP contribution >= 0.6 is 0 Å². The Morgan fingerprint density at radius 2 is 1.15 bits per heavy atom. The fraction of sp³-hybridized carbons (Fsp3) is 0.250. The smallest absolute Gasteiger partial charge is 0.119 e. The average molecular weight is 274 g/mol. The average Bonchev–Trinajstić information content (AvgIpc) is 2.52. The molecule has 0 heterocycles. The summed E-state index contributed by atoms with van der Waals surface area (Å²) in [6.07, 6.45) is 0. The van der Waals surface area contributed by atoms with Crippen LogP contribution in [0.4, 0.5) is 0 Å². The van der Waals surface area contributed by atoms with Gasteiger partial charge in [-0.15, -0.1) is 0 Å². The lowest BCUT2D eigenvalue weighted by Gasteiger charge is -2.07. The Morgan fingerprint density at radius 1 is 0.700 bits per heavy atom. The van der Waals surface area contributed by atoms with Crippen LogP contribution in [0.2, 0.25) is 0 Å². The van der Waals surface area contributed by atoms with Gasteiger partial charge in [0.05, 0.1) is 14.2 Å². The molecule has 0 spiro atoms. The van der Waals surface area contributed by atoms with Crippen molar-refractivity contribution in [2.45, 2.75) is 13.2 Å². The van der Waals surface area contributed by atoms with Crippen molar-refractivity contribution in [3.63, 3.8) is 0 Å². The van der Waals surface area contributed by atoms with Crippen LogP contribution in [-0.4, -0.2) is 14.2 Å². The van der Waals surface area contributed by atoms with Gasteiger partial charge in [-0.05, 0) is 35.4 Å². The molecule has 2 rings (SSSR count). The molecular formula is C16H18O4. The van der Waals surface area contributed by atoms with E-state index in [1.807, 2.05) is 48.5 Å². The molecule has 0 radical (unpaired) electrons. The van der Waals surface area contributed by atoms with E-state index < -0.39 is 0 Å². The molecule has 0 amide bonds. The molecule has 0 saturated heterocycles. The maximum atomic E-state index is 5.20. The predicted octanol–water partition coefficient (Wildman–Crippen LogP) is 3.35. The Kier molecular flexibility index (Phi) is 5.41. The minimum Gasteiger partial charge on any atom is -0.497 e. The predicted molar refractivity (Wildman–Crippen MR) is 75.6 cm³/mol. The van der Waals surface area contributed by atoms with Crippen LogP contribution in [0.25, 0.3) is 0 Å². The van der Waals surface area contributed by atoms with Crippen LogP contribution in [0.5, 0.6) is 11.5 Å². The third-order valence-corrected chi connectivity index (χ3v) is 2.80. The van der Waals surface area contributed by atoms with Crippen molar-refractivity contribution in [2.75, 3.05) is 14.2 Å². The van der Waals surface area contributed by atoms with E-state index in [4.69, 9.17) is 19.2 Å². The summed E-state index contributed by atoms with van der Waals surface area (Å²) in [4.78, 5) is 10.4. The minimum atomic E-state index is 0.376. The normalized spacial score (nSPS) is 10.3. The van der Waals surface area contributed by atoms with Gasteiger partial charge in [-0.25, -0.2) is 9.78 Å². The first kappa shape index (κ1) is 14.4. The topological polar surface area (TPSA) is 36.9 Å². The lowest BCUT2D eigenvalue weighted by molar-refractivity contribution is -0.313. The number of methoxy groups -OCH3 is 2. The van der Waals surface area contributed by atoms with Gasteiger partial charge in [0.15, 0.2) is 0 Å². The molecule has 0 fully saturated rings. The maximum Gasteiger partial charge on any atom is 0.119 e. The molecule has 4 nitrogen and oxygen atoms in total. The summed E-state index contributed by atoms with van der Waals surface area (Å²) in [5, 5.41) is 0. The quantitative estimate of drug-likeness (QED) is 0.441. The molecule has 0 atom stereocenters. The number of ether oxygens (including phenoxy) is 2. The van der Waals surface area contributed by atoms with Gasteiger partial charge >= 0.3 is 0 Å². The van der Waals surface area contributed by atoms with Gasteiger partial charge in [-0.3, -0.25) is 0 Å². The molecule has 4 heteroatoms. The van der Waals surface area contributed by atoms with E-state index in [0.29, 0.717) is 13.2 Å². The summed E-state index contributed by atoms with van der Waals surface area (Å²) >= 11 is 0. The summed E-state index contributed by atoms with van der Waals surface area (Å²) in [6.45, 7) is 0.752. The zero-order chi connectivity index (χ0) is 14.2. The van der Waals surface area contributed by atoms with Gasteiger partial charge in [0.2, 0.25) is 0 Å². The number of hydrogen-bond donors (Lipinski definition) is 0. The molecular weight excluding hydrogens is 256 g/mol. The van der Waals surface area contributed by atoms with Crippen LogP contribution in [-0.2, 0) is 23.0 Å². The van der Waals surface area contributed by atoms with E-state index in [2.05, 4.69) is 0 Å². The lowest BCUT2D eigenvalue weighted by atomic mass is 10.2. The molecule has 0 bridgehead atoms. The van der Waals surface area contributed by atoms with Crippen molar-refractivity contribution in [3.05, 3.63) is 59.7 Å². The number of hydrogen-bond acceptors (Lipinski definition) is 4. The van der Waals surface area contributed by atoms with Crippen molar-refractivity contribution in [1.29, 1.82) is 0 Å². The van der Waals surface area contributed by atoms with Gasteiger partial charge in [-0.1, -0.05) is 24.3 Å². The zero-order valence-corrected chi connectivity index (χ0v) is 11.7. The van der Waals surface area contributed by atoms with E-state index in [0.717, 1.165) is 22.6 Å². The molecule has 0 aliphatic heterocycles. The molecule has 0 saturated carbocycles. The van der Waals surface area contributed by atoms with Crippen molar-refractivity contribution in [1.82, 2.24) is 0 Å². The Morgan fingerprint density at radius 3 is 1.55 bits per heavy atom. The van der Waals surface area contributed by atoms with Crippen molar-refractivity contribution >= 4 is 0 Å². The largest absolute Gasteiger partial charge is 0.497 e. The molecule has 0 aliphatic carbocycles. The van der Waals surface area contributed by atoms with Crippen molar-refractivity contribution in [2.24, 2.45) is 0 Å². The van der Waals surface area contributed by atoms with E-state index in [1.54, 1.807) is 14.2 Å². The summed E-state index contributed by atoms with van der Waals surface area (Å²) in [7, 11) is 3.28. The third kappa shape index (κ3) is 4.26. The van der Waals surface area contributed by atoms with Crippen LogP contribution in [0.15, 0.2) is 48.5 Å². The van der Waals surface area contributed by atoms with Gasteiger partial charge < -0.3 is 9.47 Å². The lowest BCUT2D eigenvalue weighted by Crippen LogP contribution is -1.97. The molecule has 2 aromatic rings. The number of benzene rings is 2. The molecule has 0 aliphatic rings. The van der Waals surface area contributed by atoms with Crippen molar-refractivity contribution in [3.8, 4) is 11.5 Å². The molecule has 2 aromatic carbocycles. The standard InChI is InChI=1S/C16H18O4/c1-17-15-7-3-5-13(9-15)11-19-20-12-14-6-4-8-16(10-14)18-2/h3-10H,11-12H2,1-2H3. The Labute approximate surface area is 118 Å². The van der Waals surface area contributed by atoms with Crippen molar-refractivity contribution < 1.29 is 19.2 Å². The third-order valence-electron chi connectivity index (χ3n) is 2.80. The first-order chi connectivity index (χ1) is 9.81. The van der Waals surface area contributed by atoms with Crippen LogP contribution < -0.4 is 9.47 Å². The monoisotopic (exact) mass is 274 g/mol. The molecule has 0 N–H and O–H groups in total. The SMILES string of the molecule is COc1cccc(COOCc2cccc(OC)c2)c1. The molecule has 0 unspecified atom stereocenters. The molecule has 0 aromatic heterocycles. The van der Waals surface area contributed by atoms with Gasteiger partial charge in [0.25, 0.3) is 0 Å². The fourth-order valence-electron chi connectivity index (χ4n) is 1.74. The zero-order valence-electron chi connectivity index (χ0n) is 11.7. The first-order valence-corrected chi connectivity index (χ1v) is 6.32. The summed E-state index contributed by atoms with van der Waals surface area (Å²) in [6, 6.07) is 15.3. The summed E-state index contributed by atoms with van der Waals surface area (Å²) < 4.78 is 10.3. The number of rotatable bonds is 7. The molecule has 106 valence electrons. The van der Waals surface area contributed by atoms with Crippen LogP contribution in [0.3, 0.4) is 0 Å². The second-order valence-electron chi connectivity index (χ2n) is 4.23. The second-order valence-corrected chi connectivity index (χ2v) is 4.23. The summed E-state index contributed by atoms with van der Waals surface area (Å²) in [5.74, 6) is 1.61. The Bertz CT molecular complexity index is 490. The Hall–Kier alpha value is -2.04. The summed E-state index contributed by atoms with van der Waals surface area (Å²) in [5.41, 5.74) is 1.99. The highest BCUT2D eigenvalue weighted by Crippen LogP contribution is 2.15. The van der Waals surface area contributed by atoms with E-state index >= 15 is 0 Å². The van der Waals surface area contributed by atoms with Crippen LogP contribution in [0.1, 0.15) is 11.1 Å². The van der Waals surface area contributed by atoms with E-state index in [-0.39, 0.29) is 0 Å². The van der Waals surface area contributed by atoms with E-state index in [9.17, 15) is 0 Å². The van der Waals surface area contributed by atoms with Gasteiger partial charge in [0.1, 0.15) is 24.7 Å². The maximum absolute atomic E-state index is 5.20. The van der Waals surface area contributed by atoms with Gasteiger partial charge in [-0.2, -0.15) is 0 Å². The second kappa shape index (κ2) is 7.53. The van der Waals surface area contributed by atoms with Gasteiger partial charge in [0, 0.05) is 0 Å². The first-order valence-electron chi connectivity index (χ1n) is 6.32.